The van der Waals surface area contributed by atoms with Crippen LogP contribution in [0.3, 0.4) is 0 Å². The maximum Gasteiger partial charge on any atom is 0.319 e. The minimum Gasteiger partial charge on any atom is -0.331 e. The fraction of sp³-hybridized carbons (Fsp3) is 0.316. The van der Waals surface area contributed by atoms with Crippen molar-refractivity contribution < 1.29 is 4.79 Å². The Morgan fingerprint density at radius 1 is 1.22 bits per heavy atom. The Bertz CT molecular complexity index is 892. The van der Waals surface area contributed by atoms with E-state index in [9.17, 15) is 4.79 Å². The molecule has 27 heavy (non-hydrogen) atoms. The second kappa shape index (κ2) is 8.39. The standard InChI is InChI=1S/C19H23N7O/c1-13(2)10-17(15-7-5-9-20-12-15)22-19(27)21-16-8-4-6-14(11-16)18-23-25-26(3)24-18/h4-9,11-13,17H,10H2,1-3H3,(H2,21,22,27)/t17-/m0/s1. The number of nitrogens with one attached hydrogen (secondary N) is 2. The molecule has 1 atom stereocenters. The molecule has 2 amide bonds. The van der Waals surface area contributed by atoms with E-state index in [1.807, 2.05) is 36.4 Å². The van der Waals surface area contributed by atoms with Crippen molar-refractivity contribution in [2.24, 2.45) is 13.0 Å². The fourth-order valence-electron chi connectivity index (χ4n) is 2.79. The minimum absolute atomic E-state index is 0.108. The van der Waals surface area contributed by atoms with Gasteiger partial charge in [0.2, 0.25) is 5.82 Å². The van der Waals surface area contributed by atoms with Crippen molar-refractivity contribution in [1.29, 1.82) is 0 Å². The highest BCUT2D eigenvalue weighted by Crippen LogP contribution is 2.22. The van der Waals surface area contributed by atoms with Crippen LogP contribution >= 0.6 is 0 Å². The molecule has 0 fully saturated rings. The molecule has 0 aliphatic heterocycles. The topological polar surface area (TPSA) is 97.6 Å². The van der Waals surface area contributed by atoms with Crippen LogP contribution in [0, 0.1) is 5.92 Å². The molecule has 140 valence electrons. The van der Waals surface area contributed by atoms with Crippen molar-refractivity contribution in [2.45, 2.75) is 26.3 Å². The van der Waals surface area contributed by atoms with Gasteiger partial charge >= 0.3 is 6.03 Å². The molecule has 2 aromatic heterocycles. The number of urea groups is 1. The number of hydrogen-bond donors (Lipinski definition) is 2. The number of amides is 2. The van der Waals surface area contributed by atoms with Crippen LogP contribution in [0.5, 0.6) is 0 Å². The number of carbonyl (C=O) groups excluding carboxylic acids is 1. The number of carbonyl (C=O) groups is 1. The number of tetrazole rings is 1. The van der Waals surface area contributed by atoms with Gasteiger partial charge in [-0.3, -0.25) is 4.98 Å². The van der Waals surface area contributed by atoms with Crippen LogP contribution in [-0.2, 0) is 7.05 Å². The van der Waals surface area contributed by atoms with E-state index in [-0.39, 0.29) is 12.1 Å². The van der Waals surface area contributed by atoms with E-state index in [2.05, 4.69) is 44.9 Å². The summed E-state index contributed by atoms with van der Waals surface area (Å²) in [7, 11) is 1.71. The third-order valence-corrected chi connectivity index (χ3v) is 3.99. The fourth-order valence-corrected chi connectivity index (χ4v) is 2.79. The maximum absolute atomic E-state index is 12.5. The van der Waals surface area contributed by atoms with E-state index >= 15 is 0 Å². The first kappa shape index (κ1) is 18.5. The average molecular weight is 365 g/mol. The number of pyridine rings is 1. The second-order valence-corrected chi connectivity index (χ2v) is 6.75. The zero-order chi connectivity index (χ0) is 19.2. The monoisotopic (exact) mass is 365 g/mol. The van der Waals surface area contributed by atoms with Crippen molar-refractivity contribution in [1.82, 2.24) is 30.5 Å². The summed E-state index contributed by atoms with van der Waals surface area (Å²) < 4.78 is 0. The highest BCUT2D eigenvalue weighted by atomic mass is 16.2. The largest absolute Gasteiger partial charge is 0.331 e. The summed E-state index contributed by atoms with van der Waals surface area (Å²) in [6, 6.07) is 10.8. The lowest BCUT2D eigenvalue weighted by Gasteiger charge is -2.21. The summed E-state index contributed by atoms with van der Waals surface area (Å²) in [5, 5.41) is 17.9. The van der Waals surface area contributed by atoms with Crippen molar-refractivity contribution in [2.75, 3.05) is 5.32 Å². The molecule has 2 N–H and O–H groups in total. The Morgan fingerprint density at radius 3 is 2.74 bits per heavy atom. The zero-order valence-corrected chi connectivity index (χ0v) is 15.6. The SMILES string of the molecule is CC(C)C[C@H](NC(=O)Nc1cccc(-c2nnn(C)n2)c1)c1cccnc1. The molecule has 3 rings (SSSR count). The molecule has 0 aliphatic rings. The Labute approximate surface area is 158 Å². The first-order valence-electron chi connectivity index (χ1n) is 8.83. The molecule has 0 spiro atoms. The Morgan fingerprint density at radius 2 is 2.07 bits per heavy atom. The highest BCUT2D eigenvalue weighted by molar-refractivity contribution is 5.90. The number of benzene rings is 1. The Kier molecular flexibility index (Phi) is 5.75. The zero-order valence-electron chi connectivity index (χ0n) is 15.6. The molecule has 8 heteroatoms. The van der Waals surface area contributed by atoms with Crippen LogP contribution in [-0.4, -0.2) is 31.2 Å². The van der Waals surface area contributed by atoms with Gasteiger partial charge in [-0.15, -0.1) is 10.2 Å². The van der Waals surface area contributed by atoms with Crippen molar-refractivity contribution in [3.63, 3.8) is 0 Å². The van der Waals surface area contributed by atoms with E-state index in [1.165, 1.54) is 4.80 Å². The summed E-state index contributed by atoms with van der Waals surface area (Å²) in [6.45, 7) is 4.25. The number of nitrogens with zero attached hydrogens (tertiary/aromatic N) is 5. The highest BCUT2D eigenvalue weighted by Gasteiger charge is 2.16. The summed E-state index contributed by atoms with van der Waals surface area (Å²) in [4.78, 5) is 18.1. The quantitative estimate of drug-likeness (QED) is 0.699. The third-order valence-electron chi connectivity index (χ3n) is 3.99. The molecule has 0 bridgehead atoms. The second-order valence-electron chi connectivity index (χ2n) is 6.75. The molecular formula is C19H23N7O. The molecule has 0 unspecified atom stereocenters. The molecule has 0 radical (unpaired) electrons. The van der Waals surface area contributed by atoms with Crippen molar-refractivity contribution >= 4 is 11.7 Å². The molecule has 0 saturated heterocycles. The van der Waals surface area contributed by atoms with Crippen molar-refractivity contribution in [3.05, 3.63) is 54.4 Å². The molecule has 0 aliphatic carbocycles. The van der Waals surface area contributed by atoms with Gasteiger partial charge in [-0.05, 0) is 41.3 Å². The number of anilines is 1. The first-order valence-corrected chi connectivity index (χ1v) is 8.83. The minimum atomic E-state index is -0.270. The molecular weight excluding hydrogens is 342 g/mol. The van der Waals surface area contributed by atoms with Gasteiger partial charge in [-0.25, -0.2) is 4.79 Å². The van der Waals surface area contributed by atoms with E-state index in [0.29, 0.717) is 17.4 Å². The van der Waals surface area contributed by atoms with Gasteiger partial charge in [-0.2, -0.15) is 4.80 Å². The van der Waals surface area contributed by atoms with Crippen LogP contribution < -0.4 is 10.6 Å². The molecule has 0 saturated carbocycles. The lowest BCUT2D eigenvalue weighted by Crippen LogP contribution is -2.33. The average Bonchev–Trinajstić information content (AvgIpc) is 3.08. The predicted octanol–water partition coefficient (Wildman–Crippen LogP) is 3.18. The number of aromatic nitrogens is 5. The van der Waals surface area contributed by atoms with Crippen LogP contribution in [0.1, 0.15) is 31.9 Å². The number of hydrogen-bond acceptors (Lipinski definition) is 5. The van der Waals surface area contributed by atoms with Crippen LogP contribution in [0.2, 0.25) is 0 Å². The first-order chi connectivity index (χ1) is 13.0. The smallest absolute Gasteiger partial charge is 0.319 e. The van der Waals surface area contributed by atoms with Gasteiger partial charge in [0.25, 0.3) is 0 Å². The predicted molar refractivity (Wildman–Crippen MR) is 103 cm³/mol. The van der Waals surface area contributed by atoms with Crippen LogP contribution in [0.4, 0.5) is 10.5 Å². The van der Waals surface area contributed by atoms with Crippen LogP contribution in [0.25, 0.3) is 11.4 Å². The van der Waals surface area contributed by atoms with E-state index in [0.717, 1.165) is 17.5 Å². The Balaban J connectivity index is 1.70. The lowest BCUT2D eigenvalue weighted by atomic mass is 9.98. The van der Waals surface area contributed by atoms with E-state index < -0.39 is 0 Å². The summed E-state index contributed by atoms with van der Waals surface area (Å²) >= 11 is 0. The van der Waals surface area contributed by atoms with Gasteiger partial charge in [0, 0.05) is 23.6 Å². The summed E-state index contributed by atoms with van der Waals surface area (Å²) in [6.07, 6.45) is 4.33. The normalized spacial score (nSPS) is 12.0. The maximum atomic E-state index is 12.5. The molecule has 3 aromatic rings. The lowest BCUT2D eigenvalue weighted by molar-refractivity contribution is 0.246. The Hall–Kier alpha value is -3.29. The summed E-state index contributed by atoms with van der Waals surface area (Å²) in [5.41, 5.74) is 2.43. The molecule has 2 heterocycles. The number of rotatable bonds is 6. The van der Waals surface area contributed by atoms with Gasteiger partial charge in [0.15, 0.2) is 0 Å². The summed E-state index contributed by atoms with van der Waals surface area (Å²) in [5.74, 6) is 0.941. The van der Waals surface area contributed by atoms with Gasteiger partial charge in [0.05, 0.1) is 13.1 Å². The van der Waals surface area contributed by atoms with E-state index in [1.54, 1.807) is 19.4 Å². The van der Waals surface area contributed by atoms with Gasteiger partial charge in [0.1, 0.15) is 0 Å². The van der Waals surface area contributed by atoms with E-state index in [4.69, 9.17) is 0 Å². The number of aryl methyl sites for hydroxylation is 1. The molecule has 1 aromatic carbocycles. The third kappa shape index (κ3) is 5.10. The van der Waals surface area contributed by atoms with Gasteiger partial charge in [-0.1, -0.05) is 32.0 Å². The van der Waals surface area contributed by atoms with Crippen LogP contribution in [0.15, 0.2) is 48.8 Å². The van der Waals surface area contributed by atoms with Crippen molar-refractivity contribution in [3.8, 4) is 11.4 Å². The molecule has 8 nitrogen and oxygen atoms in total. The van der Waals surface area contributed by atoms with Gasteiger partial charge < -0.3 is 10.6 Å².